The van der Waals surface area contributed by atoms with Crippen LogP contribution in [0.5, 0.6) is 0 Å². The number of halogens is 1. The van der Waals surface area contributed by atoms with Crippen LogP contribution in [0.15, 0.2) is 28.9 Å². The second kappa shape index (κ2) is 5.63. The maximum absolute atomic E-state index is 4.06. The van der Waals surface area contributed by atoms with Gasteiger partial charge in [0.05, 0.1) is 11.7 Å². The predicted octanol–water partition coefficient (Wildman–Crippen LogP) is 2.58. The quantitative estimate of drug-likeness (QED) is 0.944. The van der Waals surface area contributed by atoms with Crippen LogP contribution in [-0.2, 0) is 7.05 Å². The average Bonchev–Trinajstić information content (AvgIpc) is 2.67. The zero-order chi connectivity index (χ0) is 13.1. The molecule has 1 atom stereocenters. The first kappa shape index (κ1) is 13.2. The smallest absolute Gasteiger partial charge is 0.153 e. The van der Waals surface area contributed by atoms with E-state index in [-0.39, 0.29) is 6.04 Å². The fraction of sp³-hybridized carbons (Fsp3) is 0.385. The number of nitrogens with one attached hydrogen (secondary N) is 1. The summed E-state index contributed by atoms with van der Waals surface area (Å²) in [5.41, 5.74) is 3.52. The van der Waals surface area contributed by atoms with E-state index in [1.165, 1.54) is 11.1 Å². The molecule has 4 nitrogen and oxygen atoms in total. The molecule has 0 bridgehead atoms. The van der Waals surface area contributed by atoms with Crippen molar-refractivity contribution in [1.29, 1.82) is 0 Å². The molecule has 0 radical (unpaired) electrons. The minimum atomic E-state index is 0.101. The normalized spacial score (nSPS) is 12.7. The van der Waals surface area contributed by atoms with E-state index >= 15 is 0 Å². The Balaban J connectivity index is 2.46. The monoisotopic (exact) mass is 308 g/mol. The fourth-order valence-electron chi connectivity index (χ4n) is 2.07. The Morgan fingerprint density at radius 2 is 2.22 bits per heavy atom. The lowest BCUT2D eigenvalue weighted by Gasteiger charge is -2.19. The van der Waals surface area contributed by atoms with Gasteiger partial charge >= 0.3 is 0 Å². The molecule has 96 valence electrons. The van der Waals surface area contributed by atoms with Crippen LogP contribution in [0.25, 0.3) is 0 Å². The molecule has 2 aromatic rings. The molecular formula is C13H17BrN4. The Bertz CT molecular complexity index is 516. The minimum absolute atomic E-state index is 0.101. The van der Waals surface area contributed by atoms with E-state index in [2.05, 4.69) is 69.7 Å². The van der Waals surface area contributed by atoms with Crippen molar-refractivity contribution in [2.75, 3.05) is 6.54 Å². The van der Waals surface area contributed by atoms with E-state index in [4.69, 9.17) is 0 Å². The van der Waals surface area contributed by atoms with Gasteiger partial charge in [0.2, 0.25) is 0 Å². The van der Waals surface area contributed by atoms with Crippen LogP contribution in [0.2, 0.25) is 0 Å². The second-order valence-corrected chi connectivity index (χ2v) is 5.05. The van der Waals surface area contributed by atoms with Crippen LogP contribution in [-0.4, -0.2) is 21.5 Å². The maximum Gasteiger partial charge on any atom is 0.153 e. The molecule has 0 saturated carbocycles. The van der Waals surface area contributed by atoms with Gasteiger partial charge in [0.1, 0.15) is 0 Å². The summed E-state index contributed by atoms with van der Waals surface area (Å²) in [5.74, 6) is 0. The van der Waals surface area contributed by atoms with Gasteiger partial charge < -0.3 is 5.32 Å². The summed E-state index contributed by atoms with van der Waals surface area (Å²) in [7, 11) is 1.91. The van der Waals surface area contributed by atoms with Crippen molar-refractivity contribution < 1.29 is 0 Å². The number of aryl methyl sites for hydroxylation is 2. The van der Waals surface area contributed by atoms with Gasteiger partial charge in [-0.3, -0.25) is 0 Å². The molecule has 0 aliphatic carbocycles. The molecule has 0 fully saturated rings. The van der Waals surface area contributed by atoms with Crippen LogP contribution < -0.4 is 5.32 Å². The fourth-order valence-corrected chi connectivity index (χ4v) is 2.63. The zero-order valence-corrected chi connectivity index (χ0v) is 12.4. The number of benzene rings is 1. The number of aromatic nitrogens is 3. The lowest BCUT2D eigenvalue weighted by atomic mass is 10.0. The summed E-state index contributed by atoms with van der Waals surface area (Å²) in [4.78, 5) is 0. The lowest BCUT2D eigenvalue weighted by molar-refractivity contribution is 0.567. The maximum atomic E-state index is 4.06. The number of hydrogen-bond donors (Lipinski definition) is 1. The van der Waals surface area contributed by atoms with Crippen LogP contribution in [0, 0.1) is 6.92 Å². The van der Waals surface area contributed by atoms with Crippen LogP contribution in [0.1, 0.15) is 29.8 Å². The third-order valence-electron chi connectivity index (χ3n) is 2.88. The third kappa shape index (κ3) is 2.62. The predicted molar refractivity (Wildman–Crippen MR) is 75.4 cm³/mol. The summed E-state index contributed by atoms with van der Waals surface area (Å²) in [5, 5.41) is 11.6. The first-order valence-electron chi connectivity index (χ1n) is 5.98. The Morgan fingerprint density at radius 3 is 2.78 bits per heavy atom. The van der Waals surface area contributed by atoms with Crippen molar-refractivity contribution in [2.45, 2.75) is 19.9 Å². The van der Waals surface area contributed by atoms with Gasteiger partial charge in [0, 0.05) is 7.05 Å². The average molecular weight is 309 g/mol. The van der Waals surface area contributed by atoms with Crippen molar-refractivity contribution >= 4 is 15.9 Å². The topological polar surface area (TPSA) is 42.7 Å². The highest BCUT2D eigenvalue weighted by Gasteiger charge is 2.21. The number of rotatable bonds is 4. The molecular weight excluding hydrogens is 292 g/mol. The summed E-state index contributed by atoms with van der Waals surface area (Å²) >= 11 is 3.47. The largest absolute Gasteiger partial charge is 0.305 e. The molecule has 1 unspecified atom stereocenters. The number of nitrogens with zero attached hydrogens (tertiary/aromatic N) is 3. The van der Waals surface area contributed by atoms with Crippen molar-refractivity contribution in [3.8, 4) is 0 Å². The summed E-state index contributed by atoms with van der Waals surface area (Å²) < 4.78 is 2.59. The van der Waals surface area contributed by atoms with E-state index in [0.717, 1.165) is 16.8 Å². The van der Waals surface area contributed by atoms with Crippen molar-refractivity contribution in [3.63, 3.8) is 0 Å². The van der Waals surface area contributed by atoms with E-state index in [0.29, 0.717) is 0 Å². The van der Waals surface area contributed by atoms with Gasteiger partial charge in [-0.25, -0.2) is 4.68 Å². The Kier molecular flexibility index (Phi) is 4.14. The van der Waals surface area contributed by atoms with Gasteiger partial charge in [-0.2, -0.15) is 0 Å². The molecule has 0 amide bonds. The SMILES string of the molecule is CCNC(c1cccc(C)c1)c1c(Br)nnn1C. The van der Waals surface area contributed by atoms with E-state index < -0.39 is 0 Å². The molecule has 0 aliphatic rings. The summed E-state index contributed by atoms with van der Waals surface area (Å²) in [6.07, 6.45) is 0. The minimum Gasteiger partial charge on any atom is -0.305 e. The van der Waals surface area contributed by atoms with Crippen LogP contribution in [0.3, 0.4) is 0 Å². The van der Waals surface area contributed by atoms with E-state index in [9.17, 15) is 0 Å². The first-order chi connectivity index (χ1) is 8.63. The van der Waals surface area contributed by atoms with Gasteiger partial charge in [-0.15, -0.1) is 5.10 Å². The Labute approximate surface area is 116 Å². The molecule has 0 saturated heterocycles. The van der Waals surface area contributed by atoms with Gasteiger partial charge in [-0.05, 0) is 35.0 Å². The lowest BCUT2D eigenvalue weighted by Crippen LogP contribution is -2.24. The molecule has 0 aliphatic heterocycles. The van der Waals surface area contributed by atoms with Crippen molar-refractivity contribution in [3.05, 3.63) is 45.7 Å². The molecule has 5 heteroatoms. The van der Waals surface area contributed by atoms with E-state index in [1.807, 2.05) is 7.05 Å². The molecule has 18 heavy (non-hydrogen) atoms. The highest BCUT2D eigenvalue weighted by Crippen LogP contribution is 2.27. The highest BCUT2D eigenvalue weighted by atomic mass is 79.9. The molecule has 1 heterocycles. The second-order valence-electron chi connectivity index (χ2n) is 4.29. The first-order valence-corrected chi connectivity index (χ1v) is 6.77. The summed E-state index contributed by atoms with van der Waals surface area (Å²) in [6, 6.07) is 8.59. The standard InChI is InChI=1S/C13H17BrN4/c1-4-15-11(10-7-5-6-9(2)8-10)12-13(14)16-17-18(12)3/h5-8,11,15H,4H2,1-3H3. The van der Waals surface area contributed by atoms with Crippen molar-refractivity contribution in [1.82, 2.24) is 20.3 Å². The third-order valence-corrected chi connectivity index (χ3v) is 3.45. The highest BCUT2D eigenvalue weighted by molar-refractivity contribution is 9.10. The van der Waals surface area contributed by atoms with Gasteiger partial charge in [0.15, 0.2) is 4.60 Å². The zero-order valence-electron chi connectivity index (χ0n) is 10.8. The van der Waals surface area contributed by atoms with Gasteiger partial charge in [0.25, 0.3) is 0 Å². The van der Waals surface area contributed by atoms with E-state index in [1.54, 1.807) is 4.68 Å². The molecule has 1 N–H and O–H groups in total. The molecule has 0 spiro atoms. The van der Waals surface area contributed by atoms with Crippen LogP contribution >= 0.6 is 15.9 Å². The van der Waals surface area contributed by atoms with Crippen molar-refractivity contribution in [2.24, 2.45) is 7.05 Å². The Hall–Kier alpha value is -1.20. The molecule has 2 rings (SSSR count). The molecule has 1 aromatic heterocycles. The number of hydrogen-bond acceptors (Lipinski definition) is 3. The van der Waals surface area contributed by atoms with Gasteiger partial charge in [-0.1, -0.05) is 42.0 Å². The summed E-state index contributed by atoms with van der Waals surface area (Å²) in [6.45, 7) is 5.08. The Morgan fingerprint density at radius 1 is 1.44 bits per heavy atom. The van der Waals surface area contributed by atoms with Crippen LogP contribution in [0.4, 0.5) is 0 Å². The molecule has 1 aromatic carbocycles.